The number of likely N-dealkylation sites (N-methyl/N-ethyl adjacent to an activating group) is 1. The molecule has 10 nitrogen and oxygen atoms in total. The van der Waals surface area contributed by atoms with E-state index in [-0.39, 0.29) is 31.4 Å². The van der Waals surface area contributed by atoms with Crippen molar-refractivity contribution in [1.29, 1.82) is 0 Å². The van der Waals surface area contributed by atoms with Crippen molar-refractivity contribution in [3.05, 3.63) is 41.7 Å². The van der Waals surface area contributed by atoms with Crippen LogP contribution in [0, 0.1) is 5.41 Å². The molecule has 10 heteroatoms. The van der Waals surface area contributed by atoms with Crippen molar-refractivity contribution in [2.45, 2.75) is 58.5 Å². The molecule has 1 aliphatic rings. The number of carbonyl (C=O) groups is 2. The molecule has 0 aliphatic carbocycles. The van der Waals surface area contributed by atoms with E-state index in [2.05, 4.69) is 15.6 Å². The number of β-amino-alcohol motifs (C(OH)–C–C–N with tert-alkyl or cyclic N) is 1. The van der Waals surface area contributed by atoms with Crippen LogP contribution in [0.1, 0.15) is 44.5 Å². The smallest absolute Gasteiger partial charge is 0.248 e. The van der Waals surface area contributed by atoms with Crippen LogP contribution < -0.4 is 15.8 Å². The van der Waals surface area contributed by atoms with Crippen LogP contribution in [0.2, 0.25) is 0 Å². The molecule has 2 amide bonds. The lowest BCUT2D eigenvalue weighted by Gasteiger charge is -2.34. The molecule has 4 N–H and O–H groups in total. The van der Waals surface area contributed by atoms with Crippen LogP contribution in [0.5, 0.6) is 5.75 Å². The first-order chi connectivity index (χ1) is 15.1. The zero-order chi connectivity index (χ0) is 23.5. The Kier molecular flexibility index (Phi) is 7.15. The fourth-order valence-corrected chi connectivity index (χ4v) is 3.89. The van der Waals surface area contributed by atoms with Gasteiger partial charge in [0.2, 0.25) is 11.8 Å². The molecule has 32 heavy (non-hydrogen) atoms. The third-order valence-electron chi connectivity index (χ3n) is 5.53. The molecule has 1 saturated heterocycles. The number of likely N-dealkylation sites (tertiary alicyclic amines) is 1. The molecule has 0 saturated carbocycles. The highest BCUT2D eigenvalue weighted by atomic mass is 16.5. The molecule has 3 atom stereocenters. The molecule has 1 aliphatic heterocycles. The topological polar surface area (TPSA) is 136 Å². The minimum Gasteiger partial charge on any atom is -0.487 e. The van der Waals surface area contributed by atoms with Crippen molar-refractivity contribution in [2.75, 3.05) is 13.6 Å². The van der Waals surface area contributed by atoms with Gasteiger partial charge >= 0.3 is 0 Å². The number of ether oxygens (including phenoxy) is 1. The summed E-state index contributed by atoms with van der Waals surface area (Å²) in [5.41, 5.74) is 6.68. The molecule has 1 aromatic carbocycles. The number of aliphatic hydroxyl groups excluding tert-OH is 1. The molecule has 1 fully saturated rings. The van der Waals surface area contributed by atoms with Gasteiger partial charge in [0.1, 0.15) is 30.1 Å². The molecular formula is C22H32N6O4. The molecule has 174 valence electrons. The van der Waals surface area contributed by atoms with E-state index in [1.54, 1.807) is 6.20 Å². The third kappa shape index (κ3) is 5.25. The van der Waals surface area contributed by atoms with E-state index in [4.69, 9.17) is 10.5 Å². The number of rotatable bonds is 7. The molecule has 0 bridgehead atoms. The number of amides is 2. The average Bonchev–Trinajstić information content (AvgIpc) is 3.37. The molecule has 3 rings (SSSR count). The standard InChI is InChI=1S/C22H32N6O4/c1-22(2,3)19(21(31)27-12-16(29)9-18(27)20(30)24-4)28-11-15(25-26-28)13-32-17-7-5-14(10-23)6-8-17/h5-8,11,16,18-19,29H,9-10,12-13,23H2,1-4H3,(H,24,30)/t16?,18?,19-/m1/s1. The second-order valence-corrected chi connectivity index (χ2v) is 9.11. The third-order valence-corrected chi connectivity index (χ3v) is 5.53. The van der Waals surface area contributed by atoms with Gasteiger partial charge in [-0.3, -0.25) is 9.59 Å². The Morgan fingerprint density at radius 1 is 1.31 bits per heavy atom. The highest BCUT2D eigenvalue weighted by Crippen LogP contribution is 2.34. The largest absolute Gasteiger partial charge is 0.487 e. The van der Waals surface area contributed by atoms with Crippen LogP contribution in [0.25, 0.3) is 0 Å². The Hall–Kier alpha value is -2.98. The summed E-state index contributed by atoms with van der Waals surface area (Å²) in [7, 11) is 1.52. The second-order valence-electron chi connectivity index (χ2n) is 9.11. The molecule has 1 aromatic heterocycles. The monoisotopic (exact) mass is 444 g/mol. The predicted octanol–water partition coefficient (Wildman–Crippen LogP) is 0.611. The predicted molar refractivity (Wildman–Crippen MR) is 117 cm³/mol. The fourth-order valence-electron chi connectivity index (χ4n) is 3.89. The number of hydrogen-bond acceptors (Lipinski definition) is 7. The molecule has 2 aromatic rings. The molecule has 0 radical (unpaired) electrons. The number of hydrogen-bond donors (Lipinski definition) is 3. The Bertz CT molecular complexity index is 937. The van der Waals surface area contributed by atoms with Crippen molar-refractivity contribution in [3.63, 3.8) is 0 Å². The maximum Gasteiger partial charge on any atom is 0.248 e. The van der Waals surface area contributed by atoms with Crippen molar-refractivity contribution >= 4 is 11.8 Å². The van der Waals surface area contributed by atoms with Crippen LogP contribution in [-0.4, -0.2) is 62.6 Å². The highest BCUT2D eigenvalue weighted by molar-refractivity contribution is 5.90. The van der Waals surface area contributed by atoms with E-state index in [0.29, 0.717) is 18.0 Å². The molecular weight excluding hydrogens is 412 g/mol. The normalized spacial score (nSPS) is 19.6. The number of carbonyl (C=O) groups excluding carboxylic acids is 2. The number of nitrogens with two attached hydrogens (primary N) is 1. The number of aromatic nitrogens is 3. The van der Waals surface area contributed by atoms with Gasteiger partial charge in [-0.25, -0.2) is 4.68 Å². The van der Waals surface area contributed by atoms with E-state index in [1.807, 2.05) is 45.0 Å². The molecule has 2 heterocycles. The van der Waals surface area contributed by atoms with Crippen LogP contribution in [-0.2, 0) is 22.7 Å². The van der Waals surface area contributed by atoms with E-state index >= 15 is 0 Å². The van der Waals surface area contributed by atoms with Crippen molar-refractivity contribution in [3.8, 4) is 5.75 Å². The maximum absolute atomic E-state index is 13.5. The summed E-state index contributed by atoms with van der Waals surface area (Å²) >= 11 is 0. The quantitative estimate of drug-likeness (QED) is 0.569. The van der Waals surface area contributed by atoms with Crippen LogP contribution >= 0.6 is 0 Å². The lowest BCUT2D eigenvalue weighted by atomic mass is 9.85. The first-order valence-corrected chi connectivity index (χ1v) is 10.7. The van der Waals surface area contributed by atoms with Crippen LogP contribution in [0.15, 0.2) is 30.5 Å². The first-order valence-electron chi connectivity index (χ1n) is 10.7. The Balaban J connectivity index is 1.77. The minimum absolute atomic E-state index is 0.104. The maximum atomic E-state index is 13.5. The van der Waals surface area contributed by atoms with Gasteiger partial charge in [0, 0.05) is 26.6 Å². The van der Waals surface area contributed by atoms with E-state index in [9.17, 15) is 14.7 Å². The van der Waals surface area contributed by atoms with Gasteiger partial charge in [-0.2, -0.15) is 0 Å². The Labute approximate surface area is 187 Å². The van der Waals surface area contributed by atoms with Crippen LogP contribution in [0.4, 0.5) is 0 Å². The number of aliphatic hydroxyl groups is 1. The van der Waals surface area contributed by atoms with Gasteiger partial charge in [0.05, 0.1) is 12.3 Å². The highest BCUT2D eigenvalue weighted by Gasteiger charge is 2.44. The van der Waals surface area contributed by atoms with Crippen molar-refractivity contribution in [2.24, 2.45) is 11.1 Å². The van der Waals surface area contributed by atoms with Gasteiger partial charge in [0.15, 0.2) is 0 Å². The first kappa shape index (κ1) is 23.7. The van der Waals surface area contributed by atoms with Crippen molar-refractivity contribution < 1.29 is 19.4 Å². The number of benzene rings is 1. The zero-order valence-electron chi connectivity index (χ0n) is 19.0. The molecule has 0 spiro atoms. The summed E-state index contributed by atoms with van der Waals surface area (Å²) in [6.45, 7) is 6.53. The fraction of sp³-hybridized carbons (Fsp3) is 0.545. The average molecular weight is 445 g/mol. The van der Waals surface area contributed by atoms with E-state index < -0.39 is 23.6 Å². The summed E-state index contributed by atoms with van der Waals surface area (Å²) in [5.74, 6) is 0.105. The summed E-state index contributed by atoms with van der Waals surface area (Å²) in [6.07, 6.45) is 1.15. The van der Waals surface area contributed by atoms with E-state index in [1.165, 1.54) is 16.6 Å². The number of nitrogens with zero attached hydrogens (tertiary/aromatic N) is 4. The van der Waals surface area contributed by atoms with Gasteiger partial charge < -0.3 is 25.8 Å². The number of nitrogens with one attached hydrogen (secondary N) is 1. The lowest BCUT2D eigenvalue weighted by Crippen LogP contribution is -2.49. The lowest BCUT2D eigenvalue weighted by molar-refractivity contribution is -0.144. The zero-order valence-corrected chi connectivity index (χ0v) is 19.0. The summed E-state index contributed by atoms with van der Waals surface area (Å²) in [4.78, 5) is 27.2. The van der Waals surface area contributed by atoms with Gasteiger partial charge in [-0.05, 0) is 23.1 Å². The van der Waals surface area contributed by atoms with Crippen molar-refractivity contribution in [1.82, 2.24) is 25.2 Å². The van der Waals surface area contributed by atoms with Crippen LogP contribution in [0.3, 0.4) is 0 Å². The van der Waals surface area contributed by atoms with E-state index in [0.717, 1.165) is 5.56 Å². The summed E-state index contributed by atoms with van der Waals surface area (Å²) < 4.78 is 7.29. The van der Waals surface area contributed by atoms with Gasteiger partial charge in [0.25, 0.3) is 0 Å². The SMILES string of the molecule is CNC(=O)C1CC(O)CN1C(=O)[C@@H](n1cc(COc2ccc(CN)cc2)nn1)C(C)(C)C. The van der Waals surface area contributed by atoms with Gasteiger partial charge in [-0.15, -0.1) is 5.10 Å². The van der Waals surface area contributed by atoms with Gasteiger partial charge in [-0.1, -0.05) is 38.1 Å². The Morgan fingerprint density at radius 2 is 2.00 bits per heavy atom. The second kappa shape index (κ2) is 9.66. The summed E-state index contributed by atoms with van der Waals surface area (Å²) in [5, 5.41) is 21.0. The Morgan fingerprint density at radius 3 is 2.59 bits per heavy atom. The minimum atomic E-state index is -0.743. The summed E-state index contributed by atoms with van der Waals surface area (Å²) in [6, 6.07) is 6.05. The molecule has 2 unspecified atom stereocenters.